The Morgan fingerprint density at radius 3 is 2.52 bits per heavy atom. The second-order valence-corrected chi connectivity index (χ2v) is 8.80. The van der Waals surface area contributed by atoms with E-state index in [0.29, 0.717) is 11.8 Å². The molecule has 0 spiro atoms. The molecule has 0 aliphatic rings. The summed E-state index contributed by atoms with van der Waals surface area (Å²) in [7, 11) is -3.74. The molecule has 1 amide bonds. The number of carbonyl (C=O) groups excluding carboxylic acids is 2. The molecule has 29 heavy (non-hydrogen) atoms. The molecule has 0 radical (unpaired) electrons. The molecule has 0 fully saturated rings. The van der Waals surface area contributed by atoms with Crippen molar-refractivity contribution in [2.45, 2.75) is 11.3 Å². The van der Waals surface area contributed by atoms with Crippen molar-refractivity contribution in [1.82, 2.24) is 5.32 Å². The first-order valence-electron chi connectivity index (χ1n) is 8.47. The maximum absolute atomic E-state index is 13.2. The van der Waals surface area contributed by atoms with Gasteiger partial charge in [-0.1, -0.05) is 12.1 Å². The summed E-state index contributed by atoms with van der Waals surface area (Å²) in [5, 5.41) is 8.24. The minimum absolute atomic E-state index is 0.0150. The number of hydrogen-bond acceptors (Lipinski definition) is 6. The summed E-state index contributed by atoms with van der Waals surface area (Å²) >= 11 is 1.16. The molecule has 3 aromatic rings. The van der Waals surface area contributed by atoms with Crippen LogP contribution in [0.5, 0.6) is 0 Å². The Bertz CT molecular complexity index is 1160. The van der Waals surface area contributed by atoms with Crippen LogP contribution in [0.15, 0.2) is 53.4 Å². The molecule has 1 aromatic heterocycles. The Labute approximate surface area is 170 Å². The van der Waals surface area contributed by atoms with Gasteiger partial charge in [-0.25, -0.2) is 22.7 Å². The number of amides is 1. The fourth-order valence-corrected chi connectivity index (χ4v) is 4.01. The van der Waals surface area contributed by atoms with Crippen LogP contribution in [0.3, 0.4) is 0 Å². The topological polar surface area (TPSA) is 116 Å². The number of nitrogens with one attached hydrogen (secondary N) is 1. The van der Waals surface area contributed by atoms with Crippen molar-refractivity contribution in [3.05, 3.63) is 64.8 Å². The van der Waals surface area contributed by atoms with Crippen molar-refractivity contribution in [3.8, 4) is 0 Å². The van der Waals surface area contributed by atoms with Crippen molar-refractivity contribution in [2.75, 3.05) is 13.2 Å². The molecular formula is C19H17FN2O5S2. The smallest absolute Gasteiger partial charge is 0.348 e. The van der Waals surface area contributed by atoms with E-state index in [0.717, 1.165) is 21.6 Å². The van der Waals surface area contributed by atoms with Gasteiger partial charge in [-0.2, -0.15) is 0 Å². The van der Waals surface area contributed by atoms with E-state index in [4.69, 9.17) is 9.88 Å². The van der Waals surface area contributed by atoms with Gasteiger partial charge in [0, 0.05) is 11.2 Å². The lowest BCUT2D eigenvalue weighted by Crippen LogP contribution is -2.30. The highest BCUT2D eigenvalue weighted by Gasteiger charge is 2.14. The molecule has 3 N–H and O–H groups in total. The van der Waals surface area contributed by atoms with Crippen LogP contribution >= 0.6 is 11.3 Å². The molecule has 2 aromatic carbocycles. The van der Waals surface area contributed by atoms with Gasteiger partial charge >= 0.3 is 5.97 Å². The second-order valence-electron chi connectivity index (χ2n) is 6.16. The number of carbonyl (C=O) groups is 2. The van der Waals surface area contributed by atoms with Crippen molar-refractivity contribution >= 4 is 43.3 Å². The Hall–Kier alpha value is -2.82. The van der Waals surface area contributed by atoms with Gasteiger partial charge in [0.1, 0.15) is 10.7 Å². The van der Waals surface area contributed by atoms with Gasteiger partial charge in [-0.05, 0) is 53.8 Å². The lowest BCUT2D eigenvalue weighted by atomic mass is 10.1. The van der Waals surface area contributed by atoms with E-state index in [1.54, 1.807) is 18.2 Å². The monoisotopic (exact) mass is 436 g/mol. The highest BCUT2D eigenvalue weighted by Crippen LogP contribution is 2.26. The standard InChI is InChI=1S/C19H17FN2O5S2/c20-14-3-6-16-13(9-14)10-17(28-16)19(24)27-11-18(23)22-8-7-12-1-4-15(5-2-12)29(21,25)26/h1-6,9-10H,7-8,11H2,(H,22,23)(H2,21,25,26). The molecule has 10 heteroatoms. The van der Waals surface area contributed by atoms with Gasteiger partial charge in [0.25, 0.3) is 5.91 Å². The van der Waals surface area contributed by atoms with Crippen molar-refractivity contribution in [2.24, 2.45) is 5.14 Å². The van der Waals surface area contributed by atoms with Crippen LogP contribution in [0.2, 0.25) is 0 Å². The highest BCUT2D eigenvalue weighted by atomic mass is 32.2. The maximum Gasteiger partial charge on any atom is 0.348 e. The second kappa shape index (κ2) is 8.68. The van der Waals surface area contributed by atoms with E-state index in [9.17, 15) is 22.4 Å². The van der Waals surface area contributed by atoms with Crippen LogP contribution in [0, 0.1) is 5.82 Å². The number of ether oxygens (including phenoxy) is 1. The Morgan fingerprint density at radius 1 is 1.10 bits per heavy atom. The fourth-order valence-electron chi connectivity index (χ4n) is 2.56. The predicted octanol–water partition coefficient (Wildman–Crippen LogP) is 2.20. The van der Waals surface area contributed by atoms with E-state index >= 15 is 0 Å². The summed E-state index contributed by atoms with van der Waals surface area (Å²) in [5.41, 5.74) is 0.812. The largest absolute Gasteiger partial charge is 0.451 e. The number of nitrogens with two attached hydrogens (primary N) is 1. The molecule has 0 unspecified atom stereocenters. The number of fused-ring (bicyclic) bond motifs is 1. The summed E-state index contributed by atoms with van der Waals surface area (Å²) in [4.78, 5) is 24.2. The van der Waals surface area contributed by atoms with Crippen LogP contribution in [0.25, 0.3) is 10.1 Å². The SMILES string of the molecule is NS(=O)(=O)c1ccc(CCNC(=O)COC(=O)c2cc3cc(F)ccc3s2)cc1. The number of benzene rings is 2. The highest BCUT2D eigenvalue weighted by molar-refractivity contribution is 7.89. The van der Waals surface area contributed by atoms with E-state index in [2.05, 4.69) is 5.32 Å². The quantitative estimate of drug-likeness (QED) is 0.551. The summed E-state index contributed by atoms with van der Waals surface area (Å²) in [6.45, 7) is -0.154. The summed E-state index contributed by atoms with van der Waals surface area (Å²) in [5.74, 6) is -1.51. The molecule has 0 aliphatic carbocycles. The van der Waals surface area contributed by atoms with Crippen LogP contribution in [0.1, 0.15) is 15.2 Å². The predicted molar refractivity (Wildman–Crippen MR) is 107 cm³/mol. The van der Waals surface area contributed by atoms with Crippen LogP contribution in [0.4, 0.5) is 4.39 Å². The molecular weight excluding hydrogens is 419 g/mol. The zero-order chi connectivity index (χ0) is 21.0. The summed E-state index contributed by atoms with van der Waals surface area (Å²) in [6, 6.07) is 11.7. The minimum Gasteiger partial charge on any atom is -0.451 e. The zero-order valence-corrected chi connectivity index (χ0v) is 16.7. The molecule has 7 nitrogen and oxygen atoms in total. The average Bonchev–Trinajstić information content (AvgIpc) is 3.09. The van der Waals surface area contributed by atoms with E-state index in [1.807, 2.05) is 0 Å². The van der Waals surface area contributed by atoms with Crippen molar-refractivity contribution in [1.29, 1.82) is 0 Å². The molecule has 0 aliphatic heterocycles. The Morgan fingerprint density at radius 2 is 1.83 bits per heavy atom. The third-order valence-electron chi connectivity index (χ3n) is 4.00. The molecule has 0 saturated carbocycles. The van der Waals surface area contributed by atoms with Crippen molar-refractivity contribution in [3.63, 3.8) is 0 Å². The van der Waals surface area contributed by atoms with E-state index in [-0.39, 0.29) is 16.3 Å². The van der Waals surface area contributed by atoms with Gasteiger partial charge in [0.05, 0.1) is 4.90 Å². The number of esters is 1. The number of thiophene rings is 1. The van der Waals surface area contributed by atoms with Gasteiger partial charge in [0.2, 0.25) is 10.0 Å². The van der Waals surface area contributed by atoms with Gasteiger partial charge in [-0.3, -0.25) is 4.79 Å². The number of sulfonamides is 1. The molecule has 0 atom stereocenters. The number of primary sulfonamides is 1. The lowest BCUT2D eigenvalue weighted by Gasteiger charge is -2.06. The molecule has 0 saturated heterocycles. The lowest BCUT2D eigenvalue weighted by molar-refractivity contribution is -0.124. The van der Waals surface area contributed by atoms with Gasteiger partial charge in [-0.15, -0.1) is 11.3 Å². The van der Waals surface area contributed by atoms with Gasteiger partial charge in [0.15, 0.2) is 6.61 Å². The zero-order valence-electron chi connectivity index (χ0n) is 15.1. The average molecular weight is 436 g/mol. The summed E-state index contributed by atoms with van der Waals surface area (Å²) < 4.78 is 41.4. The van der Waals surface area contributed by atoms with Crippen molar-refractivity contribution < 1.29 is 27.1 Å². The number of hydrogen-bond donors (Lipinski definition) is 2. The third-order valence-corrected chi connectivity index (χ3v) is 6.03. The molecule has 0 bridgehead atoms. The first kappa shape index (κ1) is 20.9. The van der Waals surface area contributed by atoms with Crippen LogP contribution in [-0.4, -0.2) is 33.4 Å². The van der Waals surface area contributed by atoms with E-state index in [1.165, 1.54) is 30.3 Å². The fraction of sp³-hybridized carbons (Fsp3) is 0.158. The van der Waals surface area contributed by atoms with Crippen LogP contribution < -0.4 is 10.5 Å². The molecule has 1 heterocycles. The first-order chi connectivity index (χ1) is 13.7. The molecule has 3 rings (SSSR count). The number of rotatable bonds is 7. The molecule has 152 valence electrons. The number of halogens is 1. The Balaban J connectivity index is 1.45. The summed E-state index contributed by atoms with van der Waals surface area (Å²) in [6.07, 6.45) is 0.465. The first-order valence-corrected chi connectivity index (χ1v) is 10.8. The normalized spacial score (nSPS) is 11.4. The maximum atomic E-state index is 13.2. The van der Waals surface area contributed by atoms with E-state index < -0.39 is 34.3 Å². The third kappa shape index (κ3) is 5.59. The Kier molecular flexibility index (Phi) is 6.26. The minimum atomic E-state index is -3.74. The van der Waals surface area contributed by atoms with Crippen LogP contribution in [-0.2, 0) is 26.0 Å². The van der Waals surface area contributed by atoms with Gasteiger partial charge < -0.3 is 10.1 Å².